The van der Waals surface area contributed by atoms with Crippen LogP contribution in [0.5, 0.6) is 0 Å². The SMILES string of the molecule is COC1(c2ccc(C)cc2)OC(c2ccccc2)(c2ccccc2)c2ccccc21. The molecule has 0 aliphatic carbocycles. The first-order valence-electron chi connectivity index (χ1n) is 10.2. The second kappa shape index (κ2) is 7.24. The predicted molar refractivity (Wildman–Crippen MR) is 119 cm³/mol. The lowest BCUT2D eigenvalue weighted by atomic mass is 9.79. The van der Waals surface area contributed by atoms with Gasteiger partial charge in [-0.15, -0.1) is 0 Å². The Morgan fingerprint density at radius 1 is 0.567 bits per heavy atom. The Morgan fingerprint density at radius 3 is 1.60 bits per heavy atom. The molecule has 1 heterocycles. The van der Waals surface area contributed by atoms with Gasteiger partial charge in [0.2, 0.25) is 5.79 Å². The first-order valence-corrected chi connectivity index (χ1v) is 10.2. The van der Waals surface area contributed by atoms with Crippen LogP contribution in [0, 0.1) is 6.92 Å². The van der Waals surface area contributed by atoms with Gasteiger partial charge < -0.3 is 9.47 Å². The summed E-state index contributed by atoms with van der Waals surface area (Å²) in [6, 6.07) is 37.6. The number of rotatable bonds is 4. The minimum atomic E-state index is -1.00. The van der Waals surface area contributed by atoms with Gasteiger partial charge in [-0.2, -0.15) is 0 Å². The van der Waals surface area contributed by atoms with Crippen LogP contribution in [-0.2, 0) is 20.9 Å². The van der Waals surface area contributed by atoms with Crippen molar-refractivity contribution in [3.05, 3.63) is 143 Å². The van der Waals surface area contributed by atoms with Crippen molar-refractivity contribution in [3.63, 3.8) is 0 Å². The topological polar surface area (TPSA) is 18.5 Å². The lowest BCUT2D eigenvalue weighted by molar-refractivity contribution is -0.226. The van der Waals surface area contributed by atoms with Gasteiger partial charge in [0.25, 0.3) is 0 Å². The number of fused-ring (bicyclic) bond motifs is 1. The summed E-state index contributed by atoms with van der Waals surface area (Å²) in [6.07, 6.45) is 0. The molecule has 4 aromatic carbocycles. The Balaban J connectivity index is 1.85. The van der Waals surface area contributed by atoms with Gasteiger partial charge in [-0.3, -0.25) is 0 Å². The van der Waals surface area contributed by atoms with Crippen LogP contribution in [0.1, 0.15) is 33.4 Å². The van der Waals surface area contributed by atoms with Gasteiger partial charge in [0.15, 0.2) is 0 Å². The molecule has 4 aromatic rings. The molecule has 1 aliphatic heterocycles. The van der Waals surface area contributed by atoms with E-state index in [9.17, 15) is 0 Å². The Hall–Kier alpha value is -3.20. The third kappa shape index (κ3) is 2.65. The quantitative estimate of drug-likeness (QED) is 0.414. The second-order valence-electron chi connectivity index (χ2n) is 7.75. The van der Waals surface area contributed by atoms with Gasteiger partial charge in [-0.1, -0.05) is 115 Å². The largest absolute Gasteiger partial charge is 0.346 e. The van der Waals surface area contributed by atoms with Gasteiger partial charge in [0.05, 0.1) is 0 Å². The van der Waals surface area contributed by atoms with E-state index >= 15 is 0 Å². The van der Waals surface area contributed by atoms with Crippen molar-refractivity contribution in [2.75, 3.05) is 7.11 Å². The van der Waals surface area contributed by atoms with Gasteiger partial charge in [0, 0.05) is 23.8 Å². The summed E-state index contributed by atoms with van der Waals surface area (Å²) in [5.41, 5.74) is 5.70. The van der Waals surface area contributed by atoms with E-state index in [0.717, 1.165) is 27.8 Å². The molecule has 0 bridgehead atoms. The summed E-state index contributed by atoms with van der Waals surface area (Å²) in [4.78, 5) is 0. The highest BCUT2D eigenvalue weighted by atomic mass is 16.7. The summed E-state index contributed by atoms with van der Waals surface area (Å²) in [6.45, 7) is 2.09. The van der Waals surface area contributed by atoms with Crippen LogP contribution in [0.2, 0.25) is 0 Å². The molecule has 2 nitrogen and oxygen atoms in total. The highest BCUT2D eigenvalue weighted by Crippen LogP contribution is 2.56. The summed E-state index contributed by atoms with van der Waals surface area (Å²) in [7, 11) is 1.72. The standard InChI is InChI=1S/C28H24O2/c1-21-17-19-24(20-18-21)28(29-2)26-16-10-9-15-25(26)27(30-28,22-11-5-3-6-12-22)23-13-7-4-8-14-23/h3-20H,1-2H3. The van der Waals surface area contributed by atoms with Crippen LogP contribution in [0.3, 0.4) is 0 Å². The van der Waals surface area contributed by atoms with E-state index in [0.29, 0.717) is 0 Å². The molecule has 148 valence electrons. The van der Waals surface area contributed by atoms with Gasteiger partial charge in [0.1, 0.15) is 5.60 Å². The number of aryl methyl sites for hydroxylation is 1. The maximum Gasteiger partial charge on any atom is 0.223 e. The zero-order valence-corrected chi connectivity index (χ0v) is 17.2. The minimum Gasteiger partial charge on any atom is -0.346 e. The van der Waals surface area contributed by atoms with Crippen molar-refractivity contribution in [1.82, 2.24) is 0 Å². The molecule has 0 aromatic heterocycles. The van der Waals surface area contributed by atoms with Gasteiger partial charge >= 0.3 is 0 Å². The van der Waals surface area contributed by atoms with E-state index in [1.807, 2.05) is 12.1 Å². The molecule has 0 N–H and O–H groups in total. The molecule has 0 saturated heterocycles. The third-order valence-electron chi connectivity index (χ3n) is 6.04. The van der Waals surface area contributed by atoms with E-state index < -0.39 is 11.4 Å². The van der Waals surface area contributed by atoms with Gasteiger partial charge in [-0.05, 0) is 18.1 Å². The van der Waals surface area contributed by atoms with Crippen molar-refractivity contribution in [3.8, 4) is 0 Å². The molecule has 0 amide bonds. The Bertz CT molecular complexity index is 1110. The first kappa shape index (κ1) is 18.8. The Morgan fingerprint density at radius 2 is 1.07 bits per heavy atom. The molecule has 2 heteroatoms. The maximum atomic E-state index is 7.13. The first-order chi connectivity index (χ1) is 14.7. The second-order valence-corrected chi connectivity index (χ2v) is 7.75. The molecule has 0 saturated carbocycles. The number of benzene rings is 4. The molecule has 0 radical (unpaired) electrons. The van der Waals surface area contributed by atoms with Crippen LogP contribution in [0.25, 0.3) is 0 Å². The summed E-state index contributed by atoms with van der Waals surface area (Å²) in [5.74, 6) is -1.00. The van der Waals surface area contributed by atoms with E-state index in [2.05, 4.69) is 104 Å². The van der Waals surface area contributed by atoms with E-state index in [-0.39, 0.29) is 0 Å². The van der Waals surface area contributed by atoms with Crippen LogP contribution in [0.4, 0.5) is 0 Å². The zero-order valence-electron chi connectivity index (χ0n) is 17.2. The van der Waals surface area contributed by atoms with Crippen molar-refractivity contribution in [2.24, 2.45) is 0 Å². The molecular weight excluding hydrogens is 368 g/mol. The highest BCUT2D eigenvalue weighted by Gasteiger charge is 2.56. The maximum absolute atomic E-state index is 7.13. The van der Waals surface area contributed by atoms with Crippen molar-refractivity contribution < 1.29 is 9.47 Å². The lowest BCUT2D eigenvalue weighted by Crippen LogP contribution is -2.36. The fourth-order valence-corrected chi connectivity index (χ4v) is 4.60. The van der Waals surface area contributed by atoms with Crippen LogP contribution in [0.15, 0.2) is 109 Å². The van der Waals surface area contributed by atoms with Crippen LogP contribution < -0.4 is 0 Å². The third-order valence-corrected chi connectivity index (χ3v) is 6.04. The summed E-state index contributed by atoms with van der Waals surface area (Å²) in [5, 5.41) is 0. The van der Waals surface area contributed by atoms with Crippen LogP contribution in [-0.4, -0.2) is 7.11 Å². The Labute approximate surface area is 177 Å². The molecule has 0 spiro atoms. The predicted octanol–water partition coefficient (Wildman–Crippen LogP) is 6.16. The van der Waals surface area contributed by atoms with E-state index in [1.54, 1.807) is 7.11 Å². The Kier molecular flexibility index (Phi) is 4.54. The molecule has 1 atom stereocenters. The lowest BCUT2D eigenvalue weighted by Gasteiger charge is -2.36. The monoisotopic (exact) mass is 392 g/mol. The molecule has 0 fully saturated rings. The fraction of sp³-hybridized carbons (Fsp3) is 0.143. The number of ether oxygens (including phenoxy) is 2. The normalized spacial score (nSPS) is 19.4. The van der Waals surface area contributed by atoms with E-state index in [4.69, 9.17) is 9.47 Å². The summed E-state index contributed by atoms with van der Waals surface area (Å²) >= 11 is 0. The molecule has 1 unspecified atom stereocenters. The van der Waals surface area contributed by atoms with Crippen molar-refractivity contribution in [1.29, 1.82) is 0 Å². The number of methoxy groups -OCH3 is 1. The summed E-state index contributed by atoms with van der Waals surface area (Å²) < 4.78 is 13.4. The van der Waals surface area contributed by atoms with Crippen LogP contribution >= 0.6 is 0 Å². The highest BCUT2D eigenvalue weighted by molar-refractivity contribution is 5.57. The minimum absolute atomic E-state index is 0.778. The number of hydrogen-bond acceptors (Lipinski definition) is 2. The average Bonchev–Trinajstić information content (AvgIpc) is 3.13. The fourth-order valence-electron chi connectivity index (χ4n) is 4.60. The smallest absolute Gasteiger partial charge is 0.223 e. The van der Waals surface area contributed by atoms with Crippen molar-refractivity contribution >= 4 is 0 Å². The number of hydrogen-bond donors (Lipinski definition) is 0. The molecular formula is C28H24O2. The molecule has 1 aliphatic rings. The van der Waals surface area contributed by atoms with Crippen molar-refractivity contribution in [2.45, 2.75) is 18.3 Å². The average molecular weight is 392 g/mol. The van der Waals surface area contributed by atoms with E-state index in [1.165, 1.54) is 5.56 Å². The molecule has 5 rings (SSSR count). The zero-order chi connectivity index (χ0) is 20.6. The molecule has 30 heavy (non-hydrogen) atoms. The van der Waals surface area contributed by atoms with Gasteiger partial charge in [-0.25, -0.2) is 0 Å².